The Bertz CT molecular complexity index is 365. The van der Waals surface area contributed by atoms with E-state index in [1.807, 2.05) is 17.0 Å². The van der Waals surface area contributed by atoms with E-state index in [2.05, 4.69) is 4.90 Å². The van der Waals surface area contributed by atoms with Crippen molar-refractivity contribution in [2.75, 3.05) is 37.8 Å². The van der Waals surface area contributed by atoms with Gasteiger partial charge in [0.15, 0.2) is 0 Å². The van der Waals surface area contributed by atoms with E-state index < -0.39 is 0 Å². The van der Waals surface area contributed by atoms with Crippen molar-refractivity contribution in [2.24, 2.45) is 0 Å². The second-order valence-electron chi connectivity index (χ2n) is 3.82. The molecular formula is C11H14Cl2N2O. The minimum atomic E-state index is 0.122. The molecule has 0 saturated carbocycles. The molecule has 1 aliphatic heterocycles. The maximum Gasteiger partial charge on any atom is 0.0957 e. The van der Waals surface area contributed by atoms with Crippen LogP contribution >= 0.6 is 23.2 Å². The molecule has 0 spiro atoms. The standard InChI is InChI=1S/C11H14Cl2N2O/c12-9-2-1-3-10(11(9)13)15-6-4-14(8-16)5-7-15/h1-3,16H,4-8H2. The van der Waals surface area contributed by atoms with Gasteiger partial charge in [-0.25, -0.2) is 0 Å². The molecule has 1 fully saturated rings. The monoisotopic (exact) mass is 260 g/mol. The Kier molecular flexibility index (Phi) is 3.92. The minimum absolute atomic E-state index is 0.122. The zero-order valence-corrected chi connectivity index (χ0v) is 10.4. The predicted octanol–water partition coefficient (Wildman–Crippen LogP) is 2.07. The lowest BCUT2D eigenvalue weighted by Gasteiger charge is -2.35. The second-order valence-corrected chi connectivity index (χ2v) is 4.60. The first-order chi connectivity index (χ1) is 7.72. The summed E-state index contributed by atoms with van der Waals surface area (Å²) in [5.74, 6) is 0. The summed E-state index contributed by atoms with van der Waals surface area (Å²) in [6.45, 7) is 3.54. The van der Waals surface area contributed by atoms with Crippen LogP contribution in [0.25, 0.3) is 0 Å². The number of halogens is 2. The van der Waals surface area contributed by atoms with Gasteiger partial charge in [0.25, 0.3) is 0 Å². The molecule has 16 heavy (non-hydrogen) atoms. The highest BCUT2D eigenvalue weighted by Crippen LogP contribution is 2.32. The summed E-state index contributed by atoms with van der Waals surface area (Å²) >= 11 is 12.1. The highest BCUT2D eigenvalue weighted by atomic mass is 35.5. The van der Waals surface area contributed by atoms with Gasteiger partial charge in [0.1, 0.15) is 0 Å². The van der Waals surface area contributed by atoms with Gasteiger partial charge >= 0.3 is 0 Å². The zero-order chi connectivity index (χ0) is 11.5. The van der Waals surface area contributed by atoms with Gasteiger partial charge in [0.2, 0.25) is 0 Å². The van der Waals surface area contributed by atoms with Crippen molar-refractivity contribution < 1.29 is 5.11 Å². The molecule has 5 heteroatoms. The van der Waals surface area contributed by atoms with Gasteiger partial charge in [-0.05, 0) is 12.1 Å². The zero-order valence-electron chi connectivity index (χ0n) is 8.87. The van der Waals surface area contributed by atoms with Crippen molar-refractivity contribution in [1.82, 2.24) is 4.90 Å². The van der Waals surface area contributed by atoms with Crippen LogP contribution in [-0.2, 0) is 0 Å². The van der Waals surface area contributed by atoms with Crippen molar-refractivity contribution >= 4 is 28.9 Å². The van der Waals surface area contributed by atoms with Gasteiger partial charge in [-0.3, -0.25) is 4.90 Å². The fourth-order valence-corrected chi connectivity index (χ4v) is 2.28. The molecule has 1 aromatic rings. The number of rotatable bonds is 2. The Balaban J connectivity index is 2.11. The van der Waals surface area contributed by atoms with E-state index in [0.717, 1.165) is 31.9 Å². The van der Waals surface area contributed by atoms with Crippen LogP contribution < -0.4 is 4.90 Å². The Morgan fingerprint density at radius 2 is 1.81 bits per heavy atom. The molecule has 0 aromatic heterocycles. The molecule has 3 nitrogen and oxygen atoms in total. The number of anilines is 1. The molecule has 1 heterocycles. The van der Waals surface area contributed by atoms with E-state index >= 15 is 0 Å². The first-order valence-electron chi connectivity index (χ1n) is 5.24. The van der Waals surface area contributed by atoms with Gasteiger partial charge in [-0.15, -0.1) is 0 Å². The summed E-state index contributed by atoms with van der Waals surface area (Å²) in [5, 5.41) is 10.2. The maximum atomic E-state index is 9.01. The lowest BCUT2D eigenvalue weighted by molar-refractivity contribution is 0.102. The average molecular weight is 261 g/mol. The van der Waals surface area contributed by atoms with Crippen LogP contribution in [0.5, 0.6) is 0 Å². The molecule has 0 unspecified atom stereocenters. The Hall–Kier alpha value is -0.480. The summed E-state index contributed by atoms with van der Waals surface area (Å²) in [4.78, 5) is 4.19. The Morgan fingerprint density at radius 1 is 1.12 bits per heavy atom. The molecule has 1 aromatic carbocycles. The van der Waals surface area contributed by atoms with Crippen LogP contribution in [0.1, 0.15) is 0 Å². The first-order valence-corrected chi connectivity index (χ1v) is 6.00. The average Bonchev–Trinajstić information content (AvgIpc) is 2.33. The molecule has 1 N–H and O–H groups in total. The molecule has 1 aliphatic rings. The third kappa shape index (κ3) is 2.43. The summed E-state index contributed by atoms with van der Waals surface area (Å²) < 4.78 is 0. The van der Waals surface area contributed by atoms with E-state index in [9.17, 15) is 0 Å². The number of aliphatic hydroxyl groups is 1. The third-order valence-electron chi connectivity index (χ3n) is 2.84. The molecular weight excluding hydrogens is 247 g/mol. The normalized spacial score (nSPS) is 17.8. The summed E-state index contributed by atoms with van der Waals surface area (Å²) in [6.07, 6.45) is 0. The number of aliphatic hydroxyl groups excluding tert-OH is 1. The van der Waals surface area contributed by atoms with Gasteiger partial charge in [-0.1, -0.05) is 29.3 Å². The van der Waals surface area contributed by atoms with Crippen molar-refractivity contribution in [3.8, 4) is 0 Å². The molecule has 0 aliphatic carbocycles. The third-order valence-corrected chi connectivity index (χ3v) is 3.65. The molecule has 2 rings (SSSR count). The molecule has 0 radical (unpaired) electrons. The van der Waals surface area contributed by atoms with Crippen LogP contribution in [0.15, 0.2) is 18.2 Å². The van der Waals surface area contributed by atoms with Gasteiger partial charge in [-0.2, -0.15) is 0 Å². The van der Waals surface area contributed by atoms with E-state index in [0.29, 0.717) is 10.0 Å². The molecule has 1 saturated heterocycles. The number of hydrogen-bond acceptors (Lipinski definition) is 3. The van der Waals surface area contributed by atoms with Gasteiger partial charge in [0, 0.05) is 26.2 Å². The van der Waals surface area contributed by atoms with E-state index in [1.54, 1.807) is 6.07 Å². The highest BCUT2D eigenvalue weighted by molar-refractivity contribution is 6.43. The Morgan fingerprint density at radius 3 is 2.44 bits per heavy atom. The van der Waals surface area contributed by atoms with Crippen molar-refractivity contribution in [1.29, 1.82) is 0 Å². The van der Waals surface area contributed by atoms with Crippen molar-refractivity contribution in [3.63, 3.8) is 0 Å². The topological polar surface area (TPSA) is 26.7 Å². The fraction of sp³-hybridized carbons (Fsp3) is 0.455. The molecule has 88 valence electrons. The Labute approximate surface area is 105 Å². The largest absolute Gasteiger partial charge is 0.381 e. The number of nitrogens with zero attached hydrogens (tertiary/aromatic N) is 2. The van der Waals surface area contributed by atoms with E-state index in [1.165, 1.54) is 0 Å². The summed E-state index contributed by atoms with van der Waals surface area (Å²) in [6, 6.07) is 5.67. The smallest absolute Gasteiger partial charge is 0.0957 e. The second kappa shape index (κ2) is 5.23. The quantitative estimate of drug-likeness (QED) is 0.882. The SMILES string of the molecule is OCN1CCN(c2cccc(Cl)c2Cl)CC1. The number of benzene rings is 1. The van der Waals surface area contributed by atoms with E-state index in [-0.39, 0.29) is 6.73 Å². The summed E-state index contributed by atoms with van der Waals surface area (Å²) in [5.41, 5.74) is 0.978. The highest BCUT2D eigenvalue weighted by Gasteiger charge is 2.18. The van der Waals surface area contributed by atoms with Crippen LogP contribution in [0.2, 0.25) is 10.0 Å². The minimum Gasteiger partial charge on any atom is -0.381 e. The first kappa shape index (κ1) is 12.0. The lowest BCUT2D eigenvalue weighted by Crippen LogP contribution is -2.46. The number of hydrogen-bond donors (Lipinski definition) is 1. The van der Waals surface area contributed by atoms with Crippen molar-refractivity contribution in [2.45, 2.75) is 0 Å². The van der Waals surface area contributed by atoms with Gasteiger partial charge < -0.3 is 10.0 Å². The van der Waals surface area contributed by atoms with E-state index in [4.69, 9.17) is 28.3 Å². The van der Waals surface area contributed by atoms with Crippen LogP contribution in [0.4, 0.5) is 5.69 Å². The summed E-state index contributed by atoms with van der Waals surface area (Å²) in [7, 11) is 0. The van der Waals surface area contributed by atoms with Crippen LogP contribution in [0.3, 0.4) is 0 Å². The number of piperazine rings is 1. The predicted molar refractivity (Wildman–Crippen MR) is 67.3 cm³/mol. The molecule has 0 bridgehead atoms. The van der Waals surface area contributed by atoms with Gasteiger partial charge in [0.05, 0.1) is 22.5 Å². The lowest BCUT2D eigenvalue weighted by atomic mass is 10.2. The van der Waals surface area contributed by atoms with Crippen LogP contribution in [0, 0.1) is 0 Å². The molecule has 0 amide bonds. The fourth-order valence-electron chi connectivity index (χ4n) is 1.87. The van der Waals surface area contributed by atoms with Crippen molar-refractivity contribution in [3.05, 3.63) is 28.2 Å². The van der Waals surface area contributed by atoms with Crippen LogP contribution in [-0.4, -0.2) is 42.9 Å². The maximum absolute atomic E-state index is 9.01. The molecule has 0 atom stereocenters.